The first-order valence-corrected chi connectivity index (χ1v) is 7.27. The van der Waals surface area contributed by atoms with E-state index in [4.69, 9.17) is 0 Å². The Hall–Kier alpha value is -1.29. The molecule has 1 heterocycles. The normalized spacial score (nSPS) is 10.8. The van der Waals surface area contributed by atoms with Crippen LogP contribution in [-0.2, 0) is 0 Å². The molecule has 0 aliphatic rings. The van der Waals surface area contributed by atoms with Crippen LogP contribution in [0.2, 0.25) is 0 Å². The SMILES string of the molecule is CCCNc1cc(N(CCC)CCN(C)C)ccn1. The van der Waals surface area contributed by atoms with E-state index in [9.17, 15) is 0 Å². The van der Waals surface area contributed by atoms with Crippen LogP contribution in [0.3, 0.4) is 0 Å². The van der Waals surface area contributed by atoms with Crippen LogP contribution in [0.5, 0.6) is 0 Å². The second-order valence-electron chi connectivity index (χ2n) is 5.12. The summed E-state index contributed by atoms with van der Waals surface area (Å²) in [5, 5.41) is 3.35. The summed E-state index contributed by atoms with van der Waals surface area (Å²) >= 11 is 0. The van der Waals surface area contributed by atoms with Gasteiger partial charge >= 0.3 is 0 Å². The highest BCUT2D eigenvalue weighted by atomic mass is 15.2. The first-order chi connectivity index (χ1) is 9.17. The zero-order chi connectivity index (χ0) is 14.1. The van der Waals surface area contributed by atoms with Crippen molar-refractivity contribution in [2.45, 2.75) is 26.7 Å². The van der Waals surface area contributed by atoms with Gasteiger partial charge < -0.3 is 15.1 Å². The molecule has 4 heteroatoms. The van der Waals surface area contributed by atoms with Crippen molar-refractivity contribution in [1.29, 1.82) is 0 Å². The molecule has 19 heavy (non-hydrogen) atoms. The largest absolute Gasteiger partial charge is 0.370 e. The number of likely N-dealkylation sites (N-methyl/N-ethyl adjacent to an activating group) is 1. The molecule has 0 radical (unpaired) electrons. The number of hydrogen-bond donors (Lipinski definition) is 1. The number of anilines is 2. The first-order valence-electron chi connectivity index (χ1n) is 7.27. The summed E-state index contributed by atoms with van der Waals surface area (Å²) < 4.78 is 0. The van der Waals surface area contributed by atoms with Crippen molar-refractivity contribution in [3.63, 3.8) is 0 Å². The molecule has 0 saturated heterocycles. The molecular weight excluding hydrogens is 236 g/mol. The molecule has 0 unspecified atom stereocenters. The predicted octanol–water partition coefficient (Wildman–Crippen LogP) is 2.68. The van der Waals surface area contributed by atoms with E-state index in [2.05, 4.69) is 60.2 Å². The minimum absolute atomic E-state index is 0.974. The molecule has 1 N–H and O–H groups in total. The summed E-state index contributed by atoms with van der Waals surface area (Å²) in [5.41, 5.74) is 1.26. The van der Waals surface area contributed by atoms with Crippen LogP contribution in [0.25, 0.3) is 0 Å². The third-order valence-corrected chi connectivity index (χ3v) is 2.98. The number of rotatable bonds is 9. The zero-order valence-electron chi connectivity index (χ0n) is 12.8. The molecule has 1 aromatic heterocycles. The zero-order valence-corrected chi connectivity index (χ0v) is 12.8. The van der Waals surface area contributed by atoms with Gasteiger partial charge in [0.25, 0.3) is 0 Å². The summed E-state index contributed by atoms with van der Waals surface area (Å²) in [4.78, 5) is 9.02. The number of pyridine rings is 1. The quantitative estimate of drug-likeness (QED) is 0.743. The van der Waals surface area contributed by atoms with Gasteiger partial charge in [0.15, 0.2) is 0 Å². The molecule has 0 spiro atoms. The van der Waals surface area contributed by atoms with Crippen LogP contribution >= 0.6 is 0 Å². The van der Waals surface area contributed by atoms with Crippen LogP contribution in [0.4, 0.5) is 11.5 Å². The minimum atomic E-state index is 0.974. The molecule has 1 rings (SSSR count). The fraction of sp³-hybridized carbons (Fsp3) is 0.667. The van der Waals surface area contributed by atoms with E-state index in [0.717, 1.165) is 44.8 Å². The first kappa shape index (κ1) is 15.8. The van der Waals surface area contributed by atoms with Gasteiger partial charge in [0.2, 0.25) is 0 Å². The molecule has 0 saturated carbocycles. The van der Waals surface area contributed by atoms with Crippen LogP contribution < -0.4 is 10.2 Å². The topological polar surface area (TPSA) is 31.4 Å². The van der Waals surface area contributed by atoms with E-state index in [-0.39, 0.29) is 0 Å². The highest BCUT2D eigenvalue weighted by Gasteiger charge is 2.07. The van der Waals surface area contributed by atoms with E-state index in [1.165, 1.54) is 5.69 Å². The molecule has 0 bridgehead atoms. The molecule has 0 aliphatic carbocycles. The Bertz CT molecular complexity index is 352. The number of hydrogen-bond acceptors (Lipinski definition) is 4. The lowest BCUT2D eigenvalue weighted by Crippen LogP contribution is -2.32. The van der Waals surface area contributed by atoms with Crippen molar-refractivity contribution in [3.8, 4) is 0 Å². The monoisotopic (exact) mass is 264 g/mol. The molecule has 0 atom stereocenters. The van der Waals surface area contributed by atoms with E-state index < -0.39 is 0 Å². The minimum Gasteiger partial charge on any atom is -0.370 e. The third kappa shape index (κ3) is 5.92. The van der Waals surface area contributed by atoms with Crippen molar-refractivity contribution < 1.29 is 0 Å². The second kappa shape index (κ2) is 8.75. The lowest BCUT2D eigenvalue weighted by atomic mass is 10.3. The standard InChI is InChI=1S/C15H28N4/c1-5-8-16-15-13-14(7-9-17-15)19(10-6-2)12-11-18(3)4/h7,9,13H,5-6,8,10-12H2,1-4H3,(H,16,17). The van der Waals surface area contributed by atoms with Gasteiger partial charge in [0, 0.05) is 44.1 Å². The molecule has 0 aliphatic heterocycles. The lowest BCUT2D eigenvalue weighted by Gasteiger charge is -2.26. The van der Waals surface area contributed by atoms with Crippen LogP contribution in [-0.4, -0.2) is 50.2 Å². The van der Waals surface area contributed by atoms with Gasteiger partial charge in [-0.15, -0.1) is 0 Å². The number of nitrogens with zero attached hydrogens (tertiary/aromatic N) is 3. The van der Waals surface area contributed by atoms with Crippen molar-refractivity contribution in [2.24, 2.45) is 0 Å². The maximum Gasteiger partial charge on any atom is 0.127 e. The van der Waals surface area contributed by atoms with E-state index >= 15 is 0 Å². The maximum atomic E-state index is 4.37. The summed E-state index contributed by atoms with van der Waals surface area (Å²) in [5.74, 6) is 0.977. The maximum absolute atomic E-state index is 4.37. The van der Waals surface area contributed by atoms with Gasteiger partial charge in [-0.2, -0.15) is 0 Å². The molecule has 4 nitrogen and oxygen atoms in total. The van der Waals surface area contributed by atoms with Crippen molar-refractivity contribution in [1.82, 2.24) is 9.88 Å². The fourth-order valence-corrected chi connectivity index (χ4v) is 1.93. The van der Waals surface area contributed by atoms with Crippen molar-refractivity contribution in [3.05, 3.63) is 18.3 Å². The van der Waals surface area contributed by atoms with Crippen LogP contribution in [0, 0.1) is 0 Å². The fourth-order valence-electron chi connectivity index (χ4n) is 1.93. The highest BCUT2D eigenvalue weighted by molar-refractivity contribution is 5.53. The summed E-state index contributed by atoms with van der Waals surface area (Å²) in [7, 11) is 4.23. The summed E-state index contributed by atoms with van der Waals surface area (Å²) in [6, 6.07) is 4.25. The Morgan fingerprint density at radius 3 is 2.53 bits per heavy atom. The van der Waals surface area contributed by atoms with Gasteiger partial charge in [0.05, 0.1) is 0 Å². The van der Waals surface area contributed by atoms with Gasteiger partial charge in [0.1, 0.15) is 5.82 Å². The van der Waals surface area contributed by atoms with E-state index in [1.807, 2.05) is 6.20 Å². The molecular formula is C15H28N4. The summed E-state index contributed by atoms with van der Waals surface area (Å²) in [6.07, 6.45) is 4.17. The number of nitrogens with one attached hydrogen (secondary N) is 1. The molecule has 0 fully saturated rings. The van der Waals surface area contributed by atoms with Gasteiger partial charge in [-0.05, 0) is 33.0 Å². The van der Waals surface area contributed by atoms with Crippen molar-refractivity contribution >= 4 is 11.5 Å². The Labute approximate surface area is 117 Å². The lowest BCUT2D eigenvalue weighted by molar-refractivity contribution is 0.413. The predicted molar refractivity (Wildman–Crippen MR) is 84.1 cm³/mol. The second-order valence-corrected chi connectivity index (χ2v) is 5.12. The Balaban J connectivity index is 2.71. The highest BCUT2D eigenvalue weighted by Crippen LogP contribution is 2.17. The van der Waals surface area contributed by atoms with Crippen LogP contribution in [0.1, 0.15) is 26.7 Å². The smallest absolute Gasteiger partial charge is 0.127 e. The van der Waals surface area contributed by atoms with Crippen LogP contribution in [0.15, 0.2) is 18.3 Å². The Kier molecular flexibility index (Phi) is 7.26. The molecule has 0 amide bonds. The Morgan fingerprint density at radius 1 is 1.11 bits per heavy atom. The average molecular weight is 264 g/mol. The third-order valence-electron chi connectivity index (χ3n) is 2.98. The number of aromatic nitrogens is 1. The van der Waals surface area contributed by atoms with Gasteiger partial charge in [-0.1, -0.05) is 13.8 Å². The van der Waals surface area contributed by atoms with Gasteiger partial charge in [-0.25, -0.2) is 4.98 Å². The molecule has 0 aromatic carbocycles. The molecule has 1 aromatic rings. The van der Waals surface area contributed by atoms with Crippen molar-refractivity contribution in [2.75, 3.05) is 50.5 Å². The van der Waals surface area contributed by atoms with Gasteiger partial charge in [-0.3, -0.25) is 0 Å². The Morgan fingerprint density at radius 2 is 1.89 bits per heavy atom. The molecule has 108 valence electrons. The summed E-state index contributed by atoms with van der Waals surface area (Å²) in [6.45, 7) is 8.57. The average Bonchev–Trinajstić information content (AvgIpc) is 2.41. The van der Waals surface area contributed by atoms with E-state index in [0.29, 0.717) is 0 Å². The van der Waals surface area contributed by atoms with E-state index in [1.54, 1.807) is 0 Å².